The van der Waals surface area contributed by atoms with Crippen LogP contribution >= 0.6 is 0 Å². The lowest BCUT2D eigenvalue weighted by molar-refractivity contribution is -0.137. The van der Waals surface area contributed by atoms with Crippen molar-refractivity contribution < 1.29 is 22.0 Å². The van der Waals surface area contributed by atoms with Gasteiger partial charge in [0.05, 0.1) is 5.56 Å². The van der Waals surface area contributed by atoms with Gasteiger partial charge in [-0.1, -0.05) is 36.4 Å². The van der Waals surface area contributed by atoms with Crippen LogP contribution in [0.3, 0.4) is 0 Å². The Morgan fingerprint density at radius 3 is 2.27 bits per heavy atom. The van der Waals surface area contributed by atoms with Crippen molar-refractivity contribution in [2.45, 2.75) is 12.2 Å². The van der Waals surface area contributed by atoms with E-state index >= 15 is 0 Å². The second-order valence-electron chi connectivity index (χ2n) is 6.52. The summed E-state index contributed by atoms with van der Waals surface area (Å²) in [4.78, 5) is 0. The summed E-state index contributed by atoms with van der Waals surface area (Å²) in [5.41, 5.74) is 0.671. The summed E-state index contributed by atoms with van der Waals surface area (Å²) in [5, 5.41) is 11.1. The number of aromatic nitrogens is 2. The van der Waals surface area contributed by atoms with Gasteiger partial charge in [-0.05, 0) is 48.0 Å². The van der Waals surface area contributed by atoms with Gasteiger partial charge in [0.1, 0.15) is 11.9 Å². The van der Waals surface area contributed by atoms with Gasteiger partial charge in [0.15, 0.2) is 0 Å². The van der Waals surface area contributed by atoms with Gasteiger partial charge in [-0.25, -0.2) is 4.39 Å². The zero-order valence-corrected chi connectivity index (χ0v) is 15.4. The van der Waals surface area contributed by atoms with E-state index in [0.717, 1.165) is 12.1 Å². The molecule has 0 unspecified atom stereocenters. The van der Waals surface area contributed by atoms with Crippen molar-refractivity contribution >= 4 is 5.69 Å². The molecule has 0 radical (unpaired) electrons. The molecule has 0 spiro atoms. The molecule has 1 atom stereocenters. The molecule has 4 aromatic rings. The van der Waals surface area contributed by atoms with Crippen molar-refractivity contribution in [1.82, 2.24) is 10.2 Å². The van der Waals surface area contributed by atoms with E-state index in [9.17, 15) is 17.6 Å². The van der Waals surface area contributed by atoms with Gasteiger partial charge < -0.3 is 9.73 Å². The Morgan fingerprint density at radius 2 is 1.57 bits per heavy atom. The minimum Gasteiger partial charge on any atom is -0.418 e. The third kappa shape index (κ3) is 4.32. The molecule has 0 aliphatic heterocycles. The summed E-state index contributed by atoms with van der Waals surface area (Å²) in [6, 6.07) is 18.6. The maximum absolute atomic E-state index is 13.4. The maximum atomic E-state index is 13.4. The van der Waals surface area contributed by atoms with Gasteiger partial charge >= 0.3 is 6.18 Å². The number of rotatable bonds is 5. The standard InChI is InChI=1S/C22H15F4N3O/c23-17-11-9-14(10-12-17)19(27-18-8-4-7-16(13-18)22(24,25)26)21-29-28-20(30-21)15-5-2-1-3-6-15/h1-13,19,27H/t19-/m0/s1. The minimum absolute atomic E-state index is 0.137. The number of hydrogen-bond donors (Lipinski definition) is 1. The van der Waals surface area contributed by atoms with Crippen LogP contribution in [0.25, 0.3) is 11.5 Å². The van der Waals surface area contributed by atoms with Crippen LogP contribution in [-0.2, 0) is 6.18 Å². The van der Waals surface area contributed by atoms with Gasteiger partial charge in [0.2, 0.25) is 11.8 Å². The quantitative estimate of drug-likeness (QED) is 0.402. The molecule has 30 heavy (non-hydrogen) atoms. The Hall–Kier alpha value is -3.68. The maximum Gasteiger partial charge on any atom is 0.416 e. The van der Waals surface area contributed by atoms with E-state index in [2.05, 4.69) is 15.5 Å². The predicted octanol–water partition coefficient (Wildman–Crippen LogP) is 6.10. The third-order valence-corrected chi connectivity index (χ3v) is 4.41. The Kier molecular flexibility index (Phi) is 5.22. The smallest absolute Gasteiger partial charge is 0.416 e. The fraction of sp³-hybridized carbons (Fsp3) is 0.0909. The number of halogens is 4. The van der Waals surface area contributed by atoms with Gasteiger partial charge in [-0.15, -0.1) is 10.2 Å². The van der Waals surface area contributed by atoms with Crippen molar-refractivity contribution in [2.24, 2.45) is 0 Å². The molecule has 0 saturated heterocycles. The molecule has 0 aliphatic carbocycles. The van der Waals surface area contributed by atoms with Crippen molar-refractivity contribution in [3.63, 3.8) is 0 Å². The van der Waals surface area contributed by atoms with Crippen LogP contribution in [0.5, 0.6) is 0 Å². The van der Waals surface area contributed by atoms with E-state index in [1.54, 1.807) is 12.1 Å². The summed E-state index contributed by atoms with van der Waals surface area (Å²) < 4.78 is 58.4. The second-order valence-corrected chi connectivity index (χ2v) is 6.52. The normalized spacial score (nSPS) is 12.5. The molecular formula is C22H15F4N3O. The van der Waals surface area contributed by atoms with Crippen LogP contribution in [0.15, 0.2) is 83.3 Å². The number of alkyl halides is 3. The van der Waals surface area contributed by atoms with Crippen molar-refractivity contribution in [2.75, 3.05) is 5.32 Å². The fourth-order valence-electron chi connectivity index (χ4n) is 2.94. The predicted molar refractivity (Wildman–Crippen MR) is 103 cm³/mol. The molecular weight excluding hydrogens is 398 g/mol. The molecule has 8 heteroatoms. The van der Waals surface area contributed by atoms with Crippen LogP contribution in [-0.4, -0.2) is 10.2 Å². The molecule has 1 N–H and O–H groups in total. The molecule has 4 rings (SSSR count). The van der Waals surface area contributed by atoms with Crippen LogP contribution in [0, 0.1) is 5.82 Å². The molecule has 152 valence electrons. The molecule has 3 aromatic carbocycles. The Labute approximate surface area is 169 Å². The van der Waals surface area contributed by atoms with E-state index in [-0.39, 0.29) is 17.5 Å². The zero-order valence-electron chi connectivity index (χ0n) is 15.4. The zero-order chi connectivity index (χ0) is 21.1. The fourth-order valence-corrected chi connectivity index (χ4v) is 2.94. The first-order chi connectivity index (χ1) is 14.4. The number of nitrogens with zero attached hydrogens (tertiary/aromatic N) is 2. The van der Waals surface area contributed by atoms with Crippen LogP contribution in [0.2, 0.25) is 0 Å². The summed E-state index contributed by atoms with van der Waals surface area (Å²) in [7, 11) is 0. The van der Waals surface area contributed by atoms with E-state index in [1.807, 2.05) is 18.2 Å². The van der Waals surface area contributed by atoms with E-state index in [1.165, 1.54) is 36.4 Å². The molecule has 0 amide bonds. The number of benzene rings is 3. The highest BCUT2D eigenvalue weighted by Crippen LogP contribution is 2.33. The number of nitrogens with one attached hydrogen (secondary N) is 1. The Balaban J connectivity index is 1.71. The SMILES string of the molecule is Fc1ccc([C@H](Nc2cccc(C(F)(F)F)c2)c2nnc(-c3ccccc3)o2)cc1. The van der Waals surface area contributed by atoms with Gasteiger partial charge in [0, 0.05) is 11.3 Å². The molecule has 1 aromatic heterocycles. The summed E-state index contributed by atoms with van der Waals surface area (Å²) in [6.45, 7) is 0. The average molecular weight is 413 g/mol. The van der Waals surface area contributed by atoms with Gasteiger partial charge in [-0.3, -0.25) is 0 Å². The van der Waals surface area contributed by atoms with E-state index in [0.29, 0.717) is 11.1 Å². The first-order valence-corrected chi connectivity index (χ1v) is 8.98. The number of hydrogen-bond acceptors (Lipinski definition) is 4. The lowest BCUT2D eigenvalue weighted by Gasteiger charge is -2.18. The van der Waals surface area contributed by atoms with Crippen molar-refractivity contribution in [3.8, 4) is 11.5 Å². The summed E-state index contributed by atoms with van der Waals surface area (Å²) >= 11 is 0. The van der Waals surface area contributed by atoms with Crippen molar-refractivity contribution in [3.05, 3.63) is 102 Å². The summed E-state index contributed by atoms with van der Waals surface area (Å²) in [6.07, 6.45) is -4.48. The summed E-state index contributed by atoms with van der Waals surface area (Å²) in [5.74, 6) is -0.0338. The largest absolute Gasteiger partial charge is 0.418 e. The topological polar surface area (TPSA) is 51.0 Å². The lowest BCUT2D eigenvalue weighted by Crippen LogP contribution is -2.14. The van der Waals surface area contributed by atoms with Crippen molar-refractivity contribution in [1.29, 1.82) is 0 Å². The average Bonchev–Trinajstić information content (AvgIpc) is 3.23. The number of anilines is 1. The molecule has 0 fully saturated rings. The molecule has 4 nitrogen and oxygen atoms in total. The monoisotopic (exact) mass is 413 g/mol. The Bertz CT molecular complexity index is 1130. The highest BCUT2D eigenvalue weighted by molar-refractivity contribution is 5.53. The first kappa shape index (κ1) is 19.6. The highest BCUT2D eigenvalue weighted by atomic mass is 19.4. The minimum atomic E-state index is -4.48. The molecule has 1 heterocycles. The van der Waals surface area contributed by atoms with Gasteiger partial charge in [-0.2, -0.15) is 13.2 Å². The van der Waals surface area contributed by atoms with Gasteiger partial charge in [0.25, 0.3) is 0 Å². The molecule has 0 aliphatic rings. The third-order valence-electron chi connectivity index (χ3n) is 4.41. The molecule has 0 bridgehead atoms. The highest BCUT2D eigenvalue weighted by Gasteiger charge is 2.31. The van der Waals surface area contributed by atoms with Crippen LogP contribution < -0.4 is 5.32 Å². The van der Waals surface area contributed by atoms with E-state index in [4.69, 9.17) is 4.42 Å². The lowest BCUT2D eigenvalue weighted by atomic mass is 10.1. The van der Waals surface area contributed by atoms with Crippen LogP contribution in [0.4, 0.5) is 23.2 Å². The second kappa shape index (κ2) is 7.98. The first-order valence-electron chi connectivity index (χ1n) is 8.98. The Morgan fingerprint density at radius 1 is 0.833 bits per heavy atom. The van der Waals surface area contributed by atoms with E-state index < -0.39 is 23.6 Å². The van der Waals surface area contributed by atoms with Crippen LogP contribution in [0.1, 0.15) is 23.1 Å². The molecule has 0 saturated carbocycles.